The zero-order chi connectivity index (χ0) is 11.4. The Bertz CT molecular complexity index is 294. The maximum Gasteiger partial charge on any atom is 0.0952 e. The molecule has 0 aliphatic carbocycles. The third-order valence-electron chi connectivity index (χ3n) is 2.63. The lowest BCUT2D eigenvalue weighted by Gasteiger charge is -2.24. The second kappa shape index (κ2) is 5.28. The molecule has 0 saturated heterocycles. The maximum absolute atomic E-state index is 5.89. The molecule has 2 atom stereocenters. The zero-order valence-corrected chi connectivity index (χ0v) is 9.97. The number of imidazole rings is 1. The molecule has 1 aromatic rings. The predicted molar refractivity (Wildman–Crippen MR) is 60.6 cm³/mol. The second-order valence-corrected chi connectivity index (χ2v) is 4.28. The Balaban J connectivity index is 2.94. The van der Waals surface area contributed by atoms with E-state index >= 15 is 0 Å². The van der Waals surface area contributed by atoms with Gasteiger partial charge in [-0.15, -0.1) is 0 Å². The molecular formula is C11H21N3O. The number of nitrogens with two attached hydrogens (primary N) is 1. The quantitative estimate of drug-likeness (QED) is 0.807. The molecule has 15 heavy (non-hydrogen) atoms. The lowest BCUT2D eigenvalue weighted by molar-refractivity contribution is 0.131. The average molecular weight is 211 g/mol. The van der Waals surface area contributed by atoms with Gasteiger partial charge in [0.15, 0.2) is 0 Å². The smallest absolute Gasteiger partial charge is 0.0952 e. The van der Waals surface area contributed by atoms with E-state index in [0.29, 0.717) is 18.6 Å². The van der Waals surface area contributed by atoms with E-state index in [9.17, 15) is 0 Å². The molecule has 4 nitrogen and oxygen atoms in total. The van der Waals surface area contributed by atoms with Crippen molar-refractivity contribution in [2.75, 3.05) is 13.7 Å². The van der Waals surface area contributed by atoms with Gasteiger partial charge in [0.1, 0.15) is 0 Å². The molecule has 1 rings (SSSR count). The Kier molecular flexibility index (Phi) is 4.29. The summed E-state index contributed by atoms with van der Waals surface area (Å²) in [5, 5.41) is 0. The van der Waals surface area contributed by atoms with Gasteiger partial charge in [-0.25, -0.2) is 4.98 Å². The molecule has 1 unspecified atom stereocenters. The van der Waals surface area contributed by atoms with Crippen molar-refractivity contribution in [3.8, 4) is 0 Å². The van der Waals surface area contributed by atoms with Gasteiger partial charge in [-0.2, -0.15) is 0 Å². The number of nitrogens with zero attached hydrogens (tertiary/aromatic N) is 2. The fourth-order valence-electron chi connectivity index (χ4n) is 1.71. The van der Waals surface area contributed by atoms with Gasteiger partial charge in [0.05, 0.1) is 24.7 Å². The number of hydrogen-bond donors (Lipinski definition) is 1. The first-order valence-electron chi connectivity index (χ1n) is 5.34. The van der Waals surface area contributed by atoms with Crippen LogP contribution in [0.5, 0.6) is 0 Å². The Labute approximate surface area is 91.4 Å². The lowest BCUT2D eigenvalue weighted by Crippen LogP contribution is -2.23. The van der Waals surface area contributed by atoms with E-state index in [0.717, 1.165) is 5.69 Å². The monoisotopic (exact) mass is 211 g/mol. The van der Waals surface area contributed by atoms with Gasteiger partial charge in [0, 0.05) is 19.3 Å². The Hall–Kier alpha value is -0.870. The van der Waals surface area contributed by atoms with Crippen LogP contribution in [0.15, 0.2) is 12.5 Å². The predicted octanol–water partition coefficient (Wildman–Crippen LogP) is 1.75. The lowest BCUT2D eigenvalue weighted by atomic mass is 10.0. The molecule has 0 aliphatic heterocycles. The number of methoxy groups -OCH3 is 1. The number of ether oxygens (including phenoxy) is 1. The van der Waals surface area contributed by atoms with Crippen LogP contribution in [0.3, 0.4) is 0 Å². The topological polar surface area (TPSA) is 53.1 Å². The van der Waals surface area contributed by atoms with Crippen molar-refractivity contribution in [1.29, 1.82) is 0 Å². The van der Waals surface area contributed by atoms with Crippen LogP contribution in [0.2, 0.25) is 0 Å². The number of aromatic nitrogens is 2. The molecule has 0 aliphatic rings. The van der Waals surface area contributed by atoms with E-state index in [1.807, 2.05) is 19.4 Å². The van der Waals surface area contributed by atoms with E-state index in [4.69, 9.17) is 10.5 Å². The molecule has 1 heterocycles. The molecule has 0 aromatic carbocycles. The number of hydrogen-bond acceptors (Lipinski definition) is 3. The molecule has 0 fully saturated rings. The normalized spacial score (nSPS) is 15.6. The Morgan fingerprint density at radius 3 is 2.60 bits per heavy atom. The summed E-state index contributed by atoms with van der Waals surface area (Å²) in [5.74, 6) is 0.497. The molecule has 0 radical (unpaired) electrons. The van der Waals surface area contributed by atoms with Crippen LogP contribution in [0.25, 0.3) is 0 Å². The van der Waals surface area contributed by atoms with Crippen molar-refractivity contribution in [2.24, 2.45) is 11.7 Å². The molecule has 0 amide bonds. The van der Waals surface area contributed by atoms with Gasteiger partial charge in [0.2, 0.25) is 0 Å². The van der Waals surface area contributed by atoms with Crippen molar-refractivity contribution in [3.63, 3.8) is 0 Å². The summed E-state index contributed by atoms with van der Waals surface area (Å²) in [4.78, 5) is 4.16. The fourth-order valence-corrected chi connectivity index (χ4v) is 1.71. The summed E-state index contributed by atoms with van der Waals surface area (Å²) < 4.78 is 7.36. The summed E-state index contributed by atoms with van der Waals surface area (Å²) >= 11 is 0. The van der Waals surface area contributed by atoms with E-state index in [-0.39, 0.29) is 6.04 Å². The first kappa shape index (κ1) is 12.2. The molecule has 0 saturated carbocycles. The van der Waals surface area contributed by atoms with Crippen LogP contribution in [0.1, 0.15) is 38.5 Å². The van der Waals surface area contributed by atoms with Gasteiger partial charge in [-0.3, -0.25) is 0 Å². The minimum absolute atomic E-state index is 0.00519. The molecule has 86 valence electrons. The highest BCUT2D eigenvalue weighted by atomic mass is 16.5. The van der Waals surface area contributed by atoms with E-state index in [2.05, 4.69) is 23.4 Å². The van der Waals surface area contributed by atoms with Crippen molar-refractivity contribution < 1.29 is 4.74 Å². The summed E-state index contributed by atoms with van der Waals surface area (Å²) in [6, 6.07) is 0.309. The van der Waals surface area contributed by atoms with Crippen LogP contribution < -0.4 is 5.73 Å². The first-order valence-corrected chi connectivity index (χ1v) is 5.34. The summed E-state index contributed by atoms with van der Waals surface area (Å²) in [7, 11) is 1.72. The average Bonchev–Trinajstić information content (AvgIpc) is 2.61. The summed E-state index contributed by atoms with van der Waals surface area (Å²) in [6.07, 6.45) is 3.66. The van der Waals surface area contributed by atoms with E-state index < -0.39 is 0 Å². The van der Waals surface area contributed by atoms with Crippen molar-refractivity contribution in [2.45, 2.75) is 32.9 Å². The third-order valence-corrected chi connectivity index (χ3v) is 2.63. The summed E-state index contributed by atoms with van der Waals surface area (Å²) in [6.45, 7) is 7.01. The molecule has 0 spiro atoms. The fraction of sp³-hybridized carbons (Fsp3) is 0.727. The van der Waals surface area contributed by atoms with Crippen LogP contribution in [0, 0.1) is 5.92 Å². The van der Waals surface area contributed by atoms with Crippen LogP contribution in [-0.2, 0) is 4.74 Å². The standard InChI is InChI=1S/C11H21N3O/c1-8(2)11(6-15-4)14-7-13-5-10(14)9(3)12/h5,7-9,11H,6,12H2,1-4H3/t9-,11?/m0/s1. The Morgan fingerprint density at radius 1 is 1.47 bits per heavy atom. The van der Waals surface area contributed by atoms with Crippen molar-refractivity contribution in [1.82, 2.24) is 9.55 Å². The molecule has 0 bridgehead atoms. The second-order valence-electron chi connectivity index (χ2n) is 4.28. The van der Waals surface area contributed by atoms with E-state index in [1.54, 1.807) is 7.11 Å². The molecule has 2 N–H and O–H groups in total. The summed E-state index contributed by atoms with van der Waals surface area (Å²) in [5.41, 5.74) is 6.95. The van der Waals surface area contributed by atoms with Gasteiger partial charge in [-0.05, 0) is 12.8 Å². The van der Waals surface area contributed by atoms with Gasteiger partial charge in [-0.1, -0.05) is 13.8 Å². The highest BCUT2D eigenvalue weighted by Gasteiger charge is 2.19. The van der Waals surface area contributed by atoms with Gasteiger partial charge >= 0.3 is 0 Å². The first-order chi connectivity index (χ1) is 7.07. The minimum atomic E-state index is 0.00519. The highest BCUT2D eigenvalue weighted by Crippen LogP contribution is 2.22. The van der Waals surface area contributed by atoms with Gasteiger partial charge in [0.25, 0.3) is 0 Å². The molecule has 4 heteroatoms. The largest absolute Gasteiger partial charge is 0.383 e. The molecular weight excluding hydrogens is 190 g/mol. The van der Waals surface area contributed by atoms with Crippen LogP contribution in [-0.4, -0.2) is 23.3 Å². The maximum atomic E-state index is 5.89. The SMILES string of the molecule is COCC(C(C)C)n1cncc1[C@H](C)N. The van der Waals surface area contributed by atoms with Crippen LogP contribution >= 0.6 is 0 Å². The minimum Gasteiger partial charge on any atom is -0.383 e. The third kappa shape index (κ3) is 2.79. The Morgan fingerprint density at radius 2 is 2.13 bits per heavy atom. The highest BCUT2D eigenvalue weighted by molar-refractivity contribution is 5.05. The zero-order valence-electron chi connectivity index (χ0n) is 9.97. The van der Waals surface area contributed by atoms with Crippen molar-refractivity contribution >= 4 is 0 Å². The molecule has 1 aromatic heterocycles. The number of rotatable bonds is 5. The van der Waals surface area contributed by atoms with Gasteiger partial charge < -0.3 is 15.0 Å². The van der Waals surface area contributed by atoms with Crippen LogP contribution in [0.4, 0.5) is 0 Å². The van der Waals surface area contributed by atoms with Crippen molar-refractivity contribution in [3.05, 3.63) is 18.2 Å². The van der Waals surface area contributed by atoms with E-state index in [1.165, 1.54) is 0 Å².